The van der Waals surface area contributed by atoms with E-state index in [0.717, 1.165) is 12.1 Å². The molecule has 0 saturated heterocycles. The van der Waals surface area contributed by atoms with Gasteiger partial charge in [-0.1, -0.05) is 55.2 Å². The fourth-order valence-corrected chi connectivity index (χ4v) is 2.72. The van der Waals surface area contributed by atoms with Crippen LogP contribution in [0.3, 0.4) is 0 Å². The molecule has 0 aliphatic heterocycles. The third kappa shape index (κ3) is 3.98. The molecule has 2 rings (SSSR count). The third-order valence-corrected chi connectivity index (χ3v) is 4.64. The minimum absolute atomic E-state index is 0.0640. The van der Waals surface area contributed by atoms with Crippen molar-refractivity contribution in [3.63, 3.8) is 0 Å². The maximum absolute atomic E-state index is 14.2. The second-order valence-electron chi connectivity index (χ2n) is 5.07. The molecule has 0 radical (unpaired) electrons. The Bertz CT molecular complexity index is 659. The first kappa shape index (κ1) is 16.8. The quantitative estimate of drug-likeness (QED) is 0.625. The van der Waals surface area contributed by atoms with Gasteiger partial charge in [0.2, 0.25) is 0 Å². The Morgan fingerprint density at radius 1 is 1.14 bits per heavy atom. The molecule has 0 unspecified atom stereocenters. The second kappa shape index (κ2) is 7.10. The van der Waals surface area contributed by atoms with Crippen molar-refractivity contribution < 1.29 is 4.39 Å². The average molecular weight is 391 g/mol. The van der Waals surface area contributed by atoms with Gasteiger partial charge in [0.15, 0.2) is 5.82 Å². The first-order chi connectivity index (χ1) is 9.90. The van der Waals surface area contributed by atoms with Gasteiger partial charge in [-0.3, -0.25) is 0 Å². The SMILES string of the molecule is CC(C)NCc1ccc(-c2ccc(Br)c(Cl)c2F)c(Cl)c1. The molecule has 112 valence electrons. The summed E-state index contributed by atoms with van der Waals surface area (Å²) in [4.78, 5) is 0. The van der Waals surface area contributed by atoms with E-state index in [1.165, 1.54) is 0 Å². The number of hydrogen-bond donors (Lipinski definition) is 1. The predicted molar refractivity (Wildman–Crippen MR) is 91.5 cm³/mol. The minimum Gasteiger partial charge on any atom is -0.310 e. The molecule has 0 aliphatic rings. The fraction of sp³-hybridized carbons (Fsp3) is 0.250. The molecular weight excluding hydrogens is 376 g/mol. The Hall–Kier alpha value is -0.610. The predicted octanol–water partition coefficient (Wildman–Crippen LogP) is 6.06. The lowest BCUT2D eigenvalue weighted by Crippen LogP contribution is -2.21. The zero-order valence-corrected chi connectivity index (χ0v) is 14.8. The van der Waals surface area contributed by atoms with Crippen LogP contribution in [0.5, 0.6) is 0 Å². The Morgan fingerprint density at radius 2 is 1.81 bits per heavy atom. The first-order valence-electron chi connectivity index (χ1n) is 6.56. The standard InChI is InChI=1S/C16H15BrCl2FN/c1-9(2)21-8-10-3-4-11(14(18)7-10)12-5-6-13(17)15(19)16(12)20/h3-7,9,21H,8H2,1-2H3. The van der Waals surface area contributed by atoms with Crippen molar-refractivity contribution in [2.45, 2.75) is 26.4 Å². The lowest BCUT2D eigenvalue weighted by Gasteiger charge is -2.12. The molecule has 0 spiro atoms. The molecule has 0 saturated carbocycles. The van der Waals surface area contributed by atoms with Crippen molar-refractivity contribution in [1.82, 2.24) is 5.32 Å². The van der Waals surface area contributed by atoms with Crippen LogP contribution in [0.15, 0.2) is 34.8 Å². The molecule has 2 aromatic rings. The van der Waals surface area contributed by atoms with E-state index >= 15 is 0 Å². The summed E-state index contributed by atoms with van der Waals surface area (Å²) in [6.45, 7) is 4.88. The molecular formula is C16H15BrCl2FN. The van der Waals surface area contributed by atoms with Crippen molar-refractivity contribution in [2.24, 2.45) is 0 Å². The largest absolute Gasteiger partial charge is 0.310 e. The molecule has 0 aliphatic carbocycles. The molecule has 1 nitrogen and oxygen atoms in total. The Morgan fingerprint density at radius 3 is 2.43 bits per heavy atom. The van der Waals surface area contributed by atoms with Gasteiger partial charge in [-0.15, -0.1) is 0 Å². The molecule has 0 amide bonds. The van der Waals surface area contributed by atoms with E-state index in [4.69, 9.17) is 23.2 Å². The highest BCUT2D eigenvalue weighted by Crippen LogP contribution is 2.36. The Balaban J connectivity index is 2.35. The van der Waals surface area contributed by atoms with E-state index in [1.807, 2.05) is 18.2 Å². The van der Waals surface area contributed by atoms with Crippen molar-refractivity contribution in [3.05, 3.63) is 56.2 Å². The molecule has 0 atom stereocenters. The van der Waals surface area contributed by atoms with Gasteiger partial charge in [0.25, 0.3) is 0 Å². The maximum atomic E-state index is 14.2. The Kier molecular flexibility index (Phi) is 5.67. The summed E-state index contributed by atoms with van der Waals surface area (Å²) < 4.78 is 14.8. The van der Waals surface area contributed by atoms with E-state index < -0.39 is 5.82 Å². The van der Waals surface area contributed by atoms with Crippen molar-refractivity contribution in [2.75, 3.05) is 0 Å². The van der Waals surface area contributed by atoms with Gasteiger partial charge < -0.3 is 5.32 Å². The van der Waals surface area contributed by atoms with Gasteiger partial charge >= 0.3 is 0 Å². The van der Waals surface area contributed by atoms with Crippen LogP contribution in [-0.2, 0) is 6.54 Å². The van der Waals surface area contributed by atoms with Crippen molar-refractivity contribution in [1.29, 1.82) is 0 Å². The lowest BCUT2D eigenvalue weighted by molar-refractivity contribution is 0.589. The van der Waals surface area contributed by atoms with E-state index in [1.54, 1.807) is 12.1 Å². The van der Waals surface area contributed by atoms with Gasteiger partial charge in [-0.25, -0.2) is 4.39 Å². The van der Waals surface area contributed by atoms with Crippen LogP contribution in [-0.4, -0.2) is 6.04 Å². The zero-order chi connectivity index (χ0) is 15.6. The minimum atomic E-state index is -0.471. The summed E-state index contributed by atoms with van der Waals surface area (Å²) in [5.74, 6) is -0.471. The fourth-order valence-electron chi connectivity index (χ4n) is 1.94. The molecule has 21 heavy (non-hydrogen) atoms. The lowest BCUT2D eigenvalue weighted by atomic mass is 10.0. The first-order valence-corrected chi connectivity index (χ1v) is 8.10. The summed E-state index contributed by atoms with van der Waals surface area (Å²) in [6.07, 6.45) is 0. The number of rotatable bonds is 4. The smallest absolute Gasteiger partial charge is 0.150 e. The monoisotopic (exact) mass is 389 g/mol. The van der Waals surface area contributed by atoms with Crippen LogP contribution in [0.25, 0.3) is 11.1 Å². The summed E-state index contributed by atoms with van der Waals surface area (Å²) >= 11 is 15.4. The van der Waals surface area contributed by atoms with Crippen LogP contribution in [0, 0.1) is 5.82 Å². The molecule has 1 N–H and O–H groups in total. The van der Waals surface area contributed by atoms with Gasteiger partial charge in [-0.2, -0.15) is 0 Å². The Labute approximate surface area is 142 Å². The van der Waals surface area contributed by atoms with Gasteiger partial charge in [0, 0.05) is 33.2 Å². The molecule has 0 bridgehead atoms. The summed E-state index contributed by atoms with van der Waals surface area (Å²) in [7, 11) is 0. The normalized spacial score (nSPS) is 11.2. The van der Waals surface area contributed by atoms with E-state index in [0.29, 0.717) is 26.7 Å². The topological polar surface area (TPSA) is 12.0 Å². The summed E-state index contributed by atoms with van der Waals surface area (Å²) in [5, 5.41) is 3.89. The number of halogens is 4. The third-order valence-electron chi connectivity index (χ3n) is 3.07. The average Bonchev–Trinajstić information content (AvgIpc) is 2.44. The molecule has 2 aromatic carbocycles. The summed E-state index contributed by atoms with van der Waals surface area (Å²) in [6, 6.07) is 9.38. The van der Waals surface area contributed by atoms with Crippen LogP contribution >= 0.6 is 39.1 Å². The highest BCUT2D eigenvalue weighted by molar-refractivity contribution is 9.10. The van der Waals surface area contributed by atoms with Gasteiger partial charge in [0.1, 0.15) is 0 Å². The van der Waals surface area contributed by atoms with Crippen LogP contribution in [0.1, 0.15) is 19.4 Å². The molecule has 5 heteroatoms. The molecule has 0 heterocycles. The number of hydrogen-bond acceptors (Lipinski definition) is 1. The van der Waals surface area contributed by atoms with E-state index in [9.17, 15) is 4.39 Å². The molecule has 0 fully saturated rings. The number of nitrogens with one attached hydrogen (secondary N) is 1. The highest BCUT2D eigenvalue weighted by atomic mass is 79.9. The number of benzene rings is 2. The van der Waals surface area contributed by atoms with E-state index in [-0.39, 0.29) is 5.02 Å². The van der Waals surface area contributed by atoms with Crippen LogP contribution in [0.2, 0.25) is 10.0 Å². The van der Waals surface area contributed by atoms with Gasteiger partial charge in [0.05, 0.1) is 5.02 Å². The van der Waals surface area contributed by atoms with E-state index in [2.05, 4.69) is 35.1 Å². The summed E-state index contributed by atoms with van der Waals surface area (Å²) in [5.41, 5.74) is 2.09. The van der Waals surface area contributed by atoms with Crippen molar-refractivity contribution in [3.8, 4) is 11.1 Å². The highest BCUT2D eigenvalue weighted by Gasteiger charge is 2.14. The van der Waals surface area contributed by atoms with Crippen molar-refractivity contribution >= 4 is 39.1 Å². The maximum Gasteiger partial charge on any atom is 0.150 e. The zero-order valence-electron chi connectivity index (χ0n) is 11.7. The van der Waals surface area contributed by atoms with Crippen LogP contribution < -0.4 is 5.32 Å². The van der Waals surface area contributed by atoms with Gasteiger partial charge in [-0.05, 0) is 33.6 Å². The second-order valence-corrected chi connectivity index (χ2v) is 6.71. The van der Waals surface area contributed by atoms with Crippen LogP contribution in [0.4, 0.5) is 4.39 Å². The molecule has 0 aromatic heterocycles.